The summed E-state index contributed by atoms with van der Waals surface area (Å²) in [5.41, 5.74) is 1.25. The second kappa shape index (κ2) is 4.26. The Morgan fingerprint density at radius 2 is 2.06 bits per heavy atom. The molecular formula is C13H14N2S. The first-order chi connectivity index (χ1) is 7.92. The molecule has 3 heteroatoms. The van der Waals surface area contributed by atoms with Crippen LogP contribution in [0, 0.1) is 5.92 Å². The van der Waals surface area contributed by atoms with Crippen molar-refractivity contribution < 1.29 is 0 Å². The molecule has 82 valence electrons. The van der Waals surface area contributed by atoms with Crippen LogP contribution in [0.1, 0.15) is 12.8 Å². The number of hydrogen-bond donors (Lipinski definition) is 1. The summed E-state index contributed by atoms with van der Waals surface area (Å²) in [5.74, 6) is 0.893. The largest absolute Gasteiger partial charge is 0.361 e. The number of aromatic nitrogens is 1. The predicted molar refractivity (Wildman–Crippen MR) is 68.8 cm³/mol. The quantitative estimate of drug-likeness (QED) is 0.867. The molecule has 1 N–H and O–H groups in total. The zero-order valence-electron chi connectivity index (χ0n) is 9.02. The molecule has 1 aromatic heterocycles. The van der Waals surface area contributed by atoms with E-state index in [0.29, 0.717) is 0 Å². The Labute approximate surface area is 99.4 Å². The van der Waals surface area contributed by atoms with Gasteiger partial charge in [-0.15, -0.1) is 0 Å². The molecule has 1 heterocycles. The van der Waals surface area contributed by atoms with Crippen molar-refractivity contribution in [1.29, 1.82) is 0 Å². The highest BCUT2D eigenvalue weighted by molar-refractivity contribution is 7.18. The van der Waals surface area contributed by atoms with Crippen LogP contribution in [0.4, 0.5) is 5.13 Å². The third-order valence-corrected chi connectivity index (χ3v) is 3.81. The van der Waals surface area contributed by atoms with Gasteiger partial charge in [-0.1, -0.05) is 41.7 Å². The lowest BCUT2D eigenvalue weighted by Gasteiger charge is -1.98. The van der Waals surface area contributed by atoms with Gasteiger partial charge in [0, 0.05) is 12.7 Å². The Morgan fingerprint density at radius 1 is 1.25 bits per heavy atom. The highest BCUT2D eigenvalue weighted by Gasteiger charge is 2.20. The van der Waals surface area contributed by atoms with Crippen molar-refractivity contribution in [2.45, 2.75) is 12.8 Å². The molecule has 0 saturated heterocycles. The lowest BCUT2D eigenvalue weighted by Crippen LogP contribution is -2.01. The monoisotopic (exact) mass is 230 g/mol. The van der Waals surface area contributed by atoms with Crippen molar-refractivity contribution in [2.24, 2.45) is 5.92 Å². The van der Waals surface area contributed by atoms with Crippen LogP contribution in [0.2, 0.25) is 0 Å². The van der Waals surface area contributed by atoms with E-state index in [0.717, 1.165) is 17.6 Å². The summed E-state index contributed by atoms with van der Waals surface area (Å²) >= 11 is 1.73. The predicted octanol–water partition coefficient (Wildman–Crippen LogP) is 3.63. The molecular weight excluding hydrogens is 216 g/mol. The van der Waals surface area contributed by atoms with Gasteiger partial charge in [-0.05, 0) is 24.3 Å². The van der Waals surface area contributed by atoms with Gasteiger partial charge in [0.25, 0.3) is 0 Å². The van der Waals surface area contributed by atoms with Crippen LogP contribution in [0.25, 0.3) is 10.4 Å². The van der Waals surface area contributed by atoms with Gasteiger partial charge in [-0.2, -0.15) is 0 Å². The van der Waals surface area contributed by atoms with E-state index in [1.54, 1.807) is 11.3 Å². The summed E-state index contributed by atoms with van der Waals surface area (Å²) in [6, 6.07) is 10.4. The number of rotatable bonds is 4. The van der Waals surface area contributed by atoms with E-state index in [9.17, 15) is 0 Å². The summed E-state index contributed by atoms with van der Waals surface area (Å²) in [6.45, 7) is 1.09. The summed E-state index contributed by atoms with van der Waals surface area (Å²) in [7, 11) is 0. The Hall–Kier alpha value is -1.35. The SMILES string of the molecule is c1ccc(-c2cnc(NCC3CC3)s2)cc1. The number of benzene rings is 1. The van der Waals surface area contributed by atoms with Crippen molar-refractivity contribution in [1.82, 2.24) is 4.98 Å². The fraction of sp³-hybridized carbons (Fsp3) is 0.308. The molecule has 2 aromatic rings. The van der Waals surface area contributed by atoms with E-state index >= 15 is 0 Å². The van der Waals surface area contributed by atoms with Crippen LogP contribution in [0.5, 0.6) is 0 Å². The normalized spacial score (nSPS) is 15.0. The molecule has 1 aliphatic carbocycles. The fourth-order valence-corrected chi connectivity index (χ4v) is 2.47. The average Bonchev–Trinajstić information content (AvgIpc) is 3.05. The first-order valence-electron chi connectivity index (χ1n) is 5.67. The fourth-order valence-electron chi connectivity index (χ4n) is 1.65. The molecule has 1 saturated carbocycles. The zero-order valence-corrected chi connectivity index (χ0v) is 9.83. The van der Waals surface area contributed by atoms with E-state index in [-0.39, 0.29) is 0 Å². The van der Waals surface area contributed by atoms with E-state index in [1.807, 2.05) is 12.3 Å². The lowest BCUT2D eigenvalue weighted by atomic mass is 10.2. The number of nitrogens with one attached hydrogen (secondary N) is 1. The maximum absolute atomic E-state index is 4.40. The highest BCUT2D eigenvalue weighted by Crippen LogP contribution is 2.32. The van der Waals surface area contributed by atoms with Crippen LogP contribution in [-0.2, 0) is 0 Å². The second-order valence-electron chi connectivity index (χ2n) is 4.22. The average molecular weight is 230 g/mol. The maximum Gasteiger partial charge on any atom is 0.183 e. The summed E-state index contributed by atoms with van der Waals surface area (Å²) in [5, 5.41) is 4.45. The summed E-state index contributed by atoms with van der Waals surface area (Å²) in [6.07, 6.45) is 4.71. The van der Waals surface area contributed by atoms with Crippen molar-refractivity contribution in [2.75, 3.05) is 11.9 Å². The minimum atomic E-state index is 0.893. The summed E-state index contributed by atoms with van der Waals surface area (Å²) in [4.78, 5) is 5.63. The first-order valence-corrected chi connectivity index (χ1v) is 6.48. The van der Waals surface area contributed by atoms with E-state index < -0.39 is 0 Å². The maximum atomic E-state index is 4.40. The molecule has 1 aliphatic rings. The smallest absolute Gasteiger partial charge is 0.183 e. The zero-order chi connectivity index (χ0) is 10.8. The van der Waals surface area contributed by atoms with Crippen molar-refractivity contribution in [3.63, 3.8) is 0 Å². The molecule has 3 rings (SSSR count). The molecule has 2 nitrogen and oxygen atoms in total. The molecule has 0 spiro atoms. The molecule has 0 unspecified atom stereocenters. The molecule has 0 aliphatic heterocycles. The minimum Gasteiger partial charge on any atom is -0.361 e. The van der Waals surface area contributed by atoms with Gasteiger partial charge in [0.05, 0.1) is 4.88 Å². The van der Waals surface area contributed by atoms with Gasteiger partial charge in [0.2, 0.25) is 0 Å². The Morgan fingerprint density at radius 3 is 2.81 bits per heavy atom. The van der Waals surface area contributed by atoms with Crippen LogP contribution >= 0.6 is 11.3 Å². The Bertz CT molecular complexity index is 460. The highest BCUT2D eigenvalue weighted by atomic mass is 32.1. The molecule has 0 radical (unpaired) electrons. The Kier molecular flexibility index (Phi) is 2.62. The van der Waals surface area contributed by atoms with Gasteiger partial charge in [0.15, 0.2) is 5.13 Å². The molecule has 0 bridgehead atoms. The van der Waals surface area contributed by atoms with Gasteiger partial charge < -0.3 is 5.32 Å². The number of nitrogens with zero attached hydrogens (tertiary/aromatic N) is 1. The van der Waals surface area contributed by atoms with Crippen LogP contribution < -0.4 is 5.32 Å². The van der Waals surface area contributed by atoms with Crippen LogP contribution in [-0.4, -0.2) is 11.5 Å². The standard InChI is InChI=1S/C13H14N2S/c1-2-4-11(5-3-1)12-9-15-13(16-12)14-8-10-6-7-10/h1-5,9-10H,6-8H2,(H,14,15). The molecule has 0 atom stereocenters. The third kappa shape index (κ3) is 2.25. The van der Waals surface area contributed by atoms with Crippen molar-refractivity contribution in [3.8, 4) is 10.4 Å². The molecule has 1 aromatic carbocycles. The number of anilines is 1. The molecule has 0 amide bonds. The van der Waals surface area contributed by atoms with Crippen molar-refractivity contribution in [3.05, 3.63) is 36.5 Å². The second-order valence-corrected chi connectivity index (χ2v) is 5.25. The molecule has 1 fully saturated rings. The van der Waals surface area contributed by atoms with Crippen molar-refractivity contribution >= 4 is 16.5 Å². The number of hydrogen-bond acceptors (Lipinski definition) is 3. The summed E-state index contributed by atoms with van der Waals surface area (Å²) < 4.78 is 0. The number of thiazole rings is 1. The van der Waals surface area contributed by atoms with Crippen LogP contribution in [0.3, 0.4) is 0 Å². The van der Waals surface area contributed by atoms with Gasteiger partial charge >= 0.3 is 0 Å². The van der Waals surface area contributed by atoms with E-state index in [4.69, 9.17) is 0 Å². The van der Waals surface area contributed by atoms with Gasteiger partial charge in [-0.25, -0.2) is 4.98 Å². The van der Waals surface area contributed by atoms with Crippen LogP contribution in [0.15, 0.2) is 36.5 Å². The van der Waals surface area contributed by atoms with E-state index in [1.165, 1.54) is 23.3 Å². The molecule has 16 heavy (non-hydrogen) atoms. The van der Waals surface area contributed by atoms with Gasteiger partial charge in [-0.3, -0.25) is 0 Å². The topological polar surface area (TPSA) is 24.9 Å². The lowest BCUT2D eigenvalue weighted by molar-refractivity contribution is 0.887. The minimum absolute atomic E-state index is 0.893. The third-order valence-electron chi connectivity index (χ3n) is 2.80. The Balaban J connectivity index is 1.71. The van der Waals surface area contributed by atoms with E-state index in [2.05, 4.69) is 34.6 Å². The van der Waals surface area contributed by atoms with Gasteiger partial charge in [0.1, 0.15) is 0 Å². The first kappa shape index (κ1) is 9.85.